The molecule has 0 saturated carbocycles. The van der Waals surface area contributed by atoms with Gasteiger partial charge < -0.3 is 18.9 Å². The average Bonchev–Trinajstić information content (AvgIpc) is 3.62. The number of sulfonamides is 1. The monoisotopic (exact) mass is 618 g/mol. The second-order valence-electron chi connectivity index (χ2n) is 9.87. The zero-order valence-electron chi connectivity index (χ0n) is 23.8. The lowest BCUT2D eigenvalue weighted by atomic mass is 9.98. The minimum absolute atomic E-state index is 0.0423. The number of carbonyl (C=O) groups is 1. The molecule has 0 fully saturated rings. The Balaban J connectivity index is 1.65. The molecule has 0 radical (unpaired) electrons. The summed E-state index contributed by atoms with van der Waals surface area (Å²) in [6.45, 7) is 0. The number of rotatable bonds is 7. The number of benzene rings is 3. The molecule has 1 N–H and O–H groups in total. The molecule has 3 aromatic heterocycles. The molecule has 6 aromatic rings. The maximum Gasteiger partial charge on any atom is 0.255 e. The van der Waals surface area contributed by atoms with Crippen LogP contribution in [-0.2, 0) is 10.0 Å². The van der Waals surface area contributed by atoms with E-state index in [9.17, 15) is 22.0 Å². The third kappa shape index (κ3) is 4.90. The molecule has 0 aliphatic rings. The third-order valence-corrected chi connectivity index (χ3v) is 8.35. The highest BCUT2D eigenvalue weighted by Gasteiger charge is 2.27. The van der Waals surface area contributed by atoms with Gasteiger partial charge in [0.25, 0.3) is 5.91 Å². The summed E-state index contributed by atoms with van der Waals surface area (Å²) in [7, 11) is 0.431. The van der Waals surface area contributed by atoms with Gasteiger partial charge in [0, 0.05) is 48.4 Å². The summed E-state index contributed by atoms with van der Waals surface area (Å²) < 4.78 is 72.2. The molecule has 224 valence electrons. The van der Waals surface area contributed by atoms with Crippen LogP contribution in [0.25, 0.3) is 56.0 Å². The van der Waals surface area contributed by atoms with Crippen LogP contribution >= 0.6 is 0 Å². The molecule has 3 heterocycles. The van der Waals surface area contributed by atoms with E-state index in [0.29, 0.717) is 27.6 Å². The van der Waals surface area contributed by atoms with E-state index in [0.717, 1.165) is 10.6 Å². The summed E-state index contributed by atoms with van der Waals surface area (Å²) in [6.07, 6.45) is 2.48. The number of nitrogens with one attached hydrogen (secondary N) is 1. The standard InChI is InChI=1S/C31H24F2N4O6S/c1-34-29(38)26-21-13-19(20-12-17(15-35-31(20)41-3)30-36-27-22(33)6-5-7-24(27)43-30)23(37(2)44(4,39)40)14-25(21)42-28(26)16-8-10-18(32)11-9-16/h5-15H,1-4H3,(H,34,38). The van der Waals surface area contributed by atoms with Crippen molar-refractivity contribution in [2.24, 2.45) is 0 Å². The molecule has 13 heteroatoms. The Kier molecular flexibility index (Phi) is 7.04. The van der Waals surface area contributed by atoms with Crippen molar-refractivity contribution in [2.45, 2.75) is 0 Å². The highest BCUT2D eigenvalue weighted by atomic mass is 32.2. The van der Waals surface area contributed by atoms with Crippen LogP contribution in [0.2, 0.25) is 0 Å². The number of carbonyl (C=O) groups excluding carboxylic acids is 1. The number of anilines is 1. The van der Waals surface area contributed by atoms with Gasteiger partial charge in [-0.1, -0.05) is 6.07 Å². The van der Waals surface area contributed by atoms with E-state index in [2.05, 4.69) is 15.3 Å². The fraction of sp³-hybridized carbons (Fsp3) is 0.129. The molecule has 0 spiro atoms. The second-order valence-corrected chi connectivity index (χ2v) is 11.9. The summed E-state index contributed by atoms with van der Waals surface area (Å²) in [5, 5.41) is 2.95. The van der Waals surface area contributed by atoms with Crippen LogP contribution in [0.4, 0.5) is 14.5 Å². The van der Waals surface area contributed by atoms with Crippen molar-refractivity contribution in [3.05, 3.63) is 84.1 Å². The van der Waals surface area contributed by atoms with Crippen molar-refractivity contribution in [3.63, 3.8) is 0 Å². The van der Waals surface area contributed by atoms with Gasteiger partial charge >= 0.3 is 0 Å². The Labute approximate surface area is 249 Å². The normalized spacial score (nSPS) is 11.7. The van der Waals surface area contributed by atoms with Gasteiger partial charge in [0.15, 0.2) is 11.4 Å². The fourth-order valence-corrected chi connectivity index (χ4v) is 5.41. The molecule has 0 saturated heterocycles. The molecule has 0 bridgehead atoms. The minimum atomic E-state index is -3.80. The Bertz CT molecular complexity index is 2190. The number of nitrogens with zero attached hydrogens (tertiary/aromatic N) is 3. The van der Waals surface area contributed by atoms with Gasteiger partial charge in [-0.3, -0.25) is 9.10 Å². The van der Waals surface area contributed by atoms with E-state index in [1.54, 1.807) is 18.2 Å². The third-order valence-electron chi connectivity index (χ3n) is 7.15. The van der Waals surface area contributed by atoms with Gasteiger partial charge in [-0.2, -0.15) is 0 Å². The van der Waals surface area contributed by atoms with E-state index in [4.69, 9.17) is 13.6 Å². The number of amides is 1. The lowest BCUT2D eigenvalue weighted by Crippen LogP contribution is -2.25. The maximum absolute atomic E-state index is 14.4. The summed E-state index contributed by atoms with van der Waals surface area (Å²) in [5.41, 5.74) is 2.25. The van der Waals surface area contributed by atoms with Crippen molar-refractivity contribution in [2.75, 3.05) is 31.8 Å². The van der Waals surface area contributed by atoms with Crippen molar-refractivity contribution in [3.8, 4) is 39.8 Å². The predicted molar refractivity (Wildman–Crippen MR) is 161 cm³/mol. The number of halogens is 2. The van der Waals surface area contributed by atoms with E-state index in [1.165, 1.54) is 69.9 Å². The molecular formula is C31H24F2N4O6S. The first-order chi connectivity index (χ1) is 21.0. The lowest BCUT2D eigenvalue weighted by molar-refractivity contribution is 0.0964. The zero-order valence-corrected chi connectivity index (χ0v) is 24.6. The number of fused-ring (bicyclic) bond motifs is 2. The Morgan fingerprint density at radius 2 is 1.73 bits per heavy atom. The van der Waals surface area contributed by atoms with E-state index < -0.39 is 27.6 Å². The van der Waals surface area contributed by atoms with Crippen molar-refractivity contribution in [1.29, 1.82) is 0 Å². The highest BCUT2D eigenvalue weighted by Crippen LogP contribution is 2.44. The number of para-hydroxylation sites is 1. The largest absolute Gasteiger partial charge is 0.481 e. The van der Waals surface area contributed by atoms with Crippen LogP contribution in [0.5, 0.6) is 5.88 Å². The first-order valence-corrected chi connectivity index (χ1v) is 15.0. The predicted octanol–water partition coefficient (Wildman–Crippen LogP) is 6.01. The molecule has 0 atom stereocenters. The lowest BCUT2D eigenvalue weighted by Gasteiger charge is -2.21. The number of pyridine rings is 1. The van der Waals surface area contributed by atoms with Crippen molar-refractivity contribution >= 4 is 43.7 Å². The first-order valence-electron chi connectivity index (χ1n) is 13.1. The average molecular weight is 619 g/mol. The number of aromatic nitrogens is 2. The minimum Gasteiger partial charge on any atom is -0.481 e. The van der Waals surface area contributed by atoms with Crippen LogP contribution in [0.3, 0.4) is 0 Å². The van der Waals surface area contributed by atoms with Gasteiger partial charge in [0.1, 0.15) is 22.7 Å². The van der Waals surface area contributed by atoms with Gasteiger partial charge in [-0.05, 0) is 48.5 Å². The number of furan rings is 1. The Morgan fingerprint density at radius 3 is 2.39 bits per heavy atom. The number of oxazole rings is 1. The molecule has 44 heavy (non-hydrogen) atoms. The van der Waals surface area contributed by atoms with Gasteiger partial charge in [0.05, 0.1) is 30.2 Å². The molecule has 0 unspecified atom stereocenters. The van der Waals surface area contributed by atoms with Gasteiger partial charge in [-0.25, -0.2) is 27.2 Å². The van der Waals surface area contributed by atoms with Crippen LogP contribution < -0.4 is 14.4 Å². The van der Waals surface area contributed by atoms with Crippen LogP contribution in [-0.4, -0.2) is 51.8 Å². The first kappa shape index (κ1) is 28.8. The number of hydrogen-bond donors (Lipinski definition) is 1. The molecule has 6 rings (SSSR count). The summed E-state index contributed by atoms with van der Waals surface area (Å²) >= 11 is 0. The van der Waals surface area contributed by atoms with Gasteiger partial charge in [-0.15, -0.1) is 0 Å². The molecule has 10 nitrogen and oxygen atoms in total. The second kappa shape index (κ2) is 10.8. The molecule has 0 aliphatic heterocycles. The molecular weight excluding hydrogens is 594 g/mol. The summed E-state index contributed by atoms with van der Waals surface area (Å²) in [5.74, 6) is -1.13. The maximum atomic E-state index is 14.4. The number of methoxy groups -OCH3 is 1. The van der Waals surface area contributed by atoms with Crippen LogP contribution in [0.1, 0.15) is 10.4 Å². The SMILES string of the molecule is CNC(=O)c1c(-c2ccc(F)cc2)oc2cc(N(C)S(C)(=O)=O)c(-c3cc(-c4nc5c(F)cccc5o4)cnc3OC)cc12. The quantitative estimate of drug-likeness (QED) is 0.230. The Morgan fingerprint density at radius 1 is 0.977 bits per heavy atom. The highest BCUT2D eigenvalue weighted by molar-refractivity contribution is 7.92. The molecule has 1 amide bonds. The zero-order chi connectivity index (χ0) is 31.3. The summed E-state index contributed by atoms with van der Waals surface area (Å²) in [4.78, 5) is 21.9. The van der Waals surface area contributed by atoms with Crippen molar-refractivity contribution < 1.29 is 35.6 Å². The number of ether oxygens (including phenoxy) is 1. The van der Waals surface area contributed by atoms with Crippen LogP contribution in [0, 0.1) is 11.6 Å². The van der Waals surface area contributed by atoms with Crippen LogP contribution in [0.15, 0.2) is 75.7 Å². The molecule has 3 aromatic carbocycles. The smallest absolute Gasteiger partial charge is 0.255 e. The Hall–Kier alpha value is -5.30. The van der Waals surface area contributed by atoms with Crippen molar-refractivity contribution in [1.82, 2.24) is 15.3 Å². The fourth-order valence-electron chi connectivity index (χ4n) is 4.91. The molecule has 0 aliphatic carbocycles. The topological polar surface area (TPSA) is 128 Å². The van der Waals surface area contributed by atoms with E-state index in [1.807, 2.05) is 0 Å². The summed E-state index contributed by atoms with van der Waals surface area (Å²) in [6, 6.07) is 14.5. The van der Waals surface area contributed by atoms with Gasteiger partial charge in [0.2, 0.25) is 21.8 Å². The van der Waals surface area contributed by atoms with E-state index in [-0.39, 0.29) is 45.5 Å². The number of hydrogen-bond acceptors (Lipinski definition) is 8. The van der Waals surface area contributed by atoms with E-state index >= 15 is 0 Å².